The number of rotatable bonds is 1. The Labute approximate surface area is 51.3 Å². The molecule has 0 atom stereocenters. The first-order valence-electron chi connectivity index (χ1n) is 1.87. The van der Waals surface area contributed by atoms with E-state index in [9.17, 15) is 26.7 Å². The Hall–Kier alpha value is -0.880. The van der Waals surface area contributed by atoms with Gasteiger partial charge in [-0.25, -0.2) is 4.79 Å². The van der Waals surface area contributed by atoms with E-state index in [1.165, 1.54) is 0 Å². The van der Waals surface area contributed by atoms with Gasteiger partial charge in [0.1, 0.15) is 0 Å². The zero-order valence-corrected chi connectivity index (χ0v) is 4.25. The molecular weight excluding hydrogens is 166 g/mol. The summed E-state index contributed by atoms with van der Waals surface area (Å²) in [5, 5.41) is 7.31. The van der Waals surface area contributed by atoms with Crippen LogP contribution in [0.15, 0.2) is 0 Å². The Morgan fingerprint density at radius 2 is 1.40 bits per heavy atom. The van der Waals surface area contributed by atoms with Crippen molar-refractivity contribution >= 4 is 5.97 Å². The summed E-state index contributed by atoms with van der Waals surface area (Å²) in [5.74, 6) is -8.84. The molecule has 0 saturated heterocycles. The molecule has 0 aliphatic carbocycles. The summed E-state index contributed by atoms with van der Waals surface area (Å²) < 4.78 is 55.5. The Bertz CT molecular complexity index is 147. The zero-order valence-electron chi connectivity index (χ0n) is 4.25. The number of hydrogen-bond donors (Lipinski definition) is 1. The number of alkyl halides is 5. The van der Waals surface area contributed by atoms with Crippen LogP contribution < -0.4 is 0 Å². The standard InChI is InChI=1S/C3HF5O2/c4-2(5,1(9)10)3(6,7)8/h(H,9,10)/i1+1,2+1,3+1. The SMILES string of the molecule is O=[13C](O)[13C](F)(F)[13C](F)(F)F. The molecule has 60 valence electrons. The fourth-order valence-electron chi connectivity index (χ4n) is 0.121. The fraction of sp³-hybridized carbons (Fsp3) is 0.667. The second-order valence-corrected chi connectivity index (χ2v) is 1.38. The van der Waals surface area contributed by atoms with Gasteiger partial charge in [-0.3, -0.25) is 0 Å². The van der Waals surface area contributed by atoms with Gasteiger partial charge in [0.05, 0.1) is 0 Å². The van der Waals surface area contributed by atoms with Crippen molar-refractivity contribution in [3.8, 4) is 0 Å². The molecule has 0 amide bonds. The van der Waals surface area contributed by atoms with E-state index in [0.29, 0.717) is 0 Å². The van der Waals surface area contributed by atoms with Crippen molar-refractivity contribution in [1.82, 2.24) is 0 Å². The van der Waals surface area contributed by atoms with Crippen molar-refractivity contribution in [3.05, 3.63) is 0 Å². The lowest BCUT2D eigenvalue weighted by Crippen LogP contribution is -2.43. The predicted molar refractivity (Wildman–Crippen MR) is 18.6 cm³/mol. The van der Waals surface area contributed by atoms with E-state index < -0.39 is 18.1 Å². The van der Waals surface area contributed by atoms with Crippen LogP contribution in [-0.2, 0) is 4.79 Å². The molecule has 0 spiro atoms. The van der Waals surface area contributed by atoms with E-state index in [1.54, 1.807) is 0 Å². The van der Waals surface area contributed by atoms with Crippen LogP contribution in [0.25, 0.3) is 0 Å². The summed E-state index contributed by atoms with van der Waals surface area (Å²) >= 11 is 0. The van der Waals surface area contributed by atoms with E-state index in [0.717, 1.165) is 0 Å². The van der Waals surface area contributed by atoms with E-state index in [-0.39, 0.29) is 0 Å². The van der Waals surface area contributed by atoms with Crippen LogP contribution in [0.4, 0.5) is 22.0 Å². The molecule has 10 heavy (non-hydrogen) atoms. The molecule has 0 radical (unpaired) electrons. The minimum absolute atomic E-state index is 3.19. The summed E-state index contributed by atoms with van der Waals surface area (Å²) in [4.78, 5) is 9.20. The molecule has 0 heterocycles. The molecule has 0 aromatic rings. The highest BCUT2D eigenvalue weighted by Gasteiger charge is 2.64. The average molecular weight is 167 g/mol. The summed E-state index contributed by atoms with van der Waals surface area (Å²) in [6.07, 6.45) is -6.02. The first kappa shape index (κ1) is 9.12. The highest BCUT2D eigenvalue weighted by molar-refractivity contribution is 5.76. The number of hydrogen-bond acceptors (Lipinski definition) is 1. The highest BCUT2D eigenvalue weighted by atomic mass is 19.5. The van der Waals surface area contributed by atoms with Gasteiger partial charge in [0, 0.05) is 0 Å². The van der Waals surface area contributed by atoms with Gasteiger partial charge in [-0.15, -0.1) is 0 Å². The molecule has 7 heteroatoms. The number of halogens is 5. The maximum atomic E-state index is 11.3. The maximum absolute atomic E-state index is 11.3. The molecule has 0 unspecified atom stereocenters. The summed E-state index contributed by atoms with van der Waals surface area (Å²) in [6.45, 7) is 0. The average Bonchev–Trinajstić information content (AvgIpc) is 1.62. The lowest BCUT2D eigenvalue weighted by molar-refractivity contribution is -0.277. The third-order valence-corrected chi connectivity index (χ3v) is 0.625. The van der Waals surface area contributed by atoms with Crippen molar-refractivity contribution < 1.29 is 31.9 Å². The van der Waals surface area contributed by atoms with Gasteiger partial charge < -0.3 is 5.11 Å². The molecule has 0 bridgehead atoms. The number of carboxylic acids is 1. The van der Waals surface area contributed by atoms with Crippen LogP contribution in [0.5, 0.6) is 0 Å². The van der Waals surface area contributed by atoms with Crippen LogP contribution >= 0.6 is 0 Å². The van der Waals surface area contributed by atoms with Gasteiger partial charge in [-0.2, -0.15) is 22.0 Å². The summed E-state index contributed by atoms with van der Waals surface area (Å²) in [7, 11) is 0. The van der Waals surface area contributed by atoms with Crippen LogP contribution in [0.3, 0.4) is 0 Å². The normalized spacial score (nSPS) is 13.3. The summed E-state index contributed by atoms with van der Waals surface area (Å²) in [6, 6.07) is 0. The van der Waals surface area contributed by atoms with E-state index in [2.05, 4.69) is 0 Å². The van der Waals surface area contributed by atoms with Crippen LogP contribution in [0, 0.1) is 0 Å². The first-order valence-corrected chi connectivity index (χ1v) is 1.87. The molecule has 2 nitrogen and oxygen atoms in total. The molecule has 0 fully saturated rings. The van der Waals surface area contributed by atoms with Crippen LogP contribution in [0.1, 0.15) is 0 Å². The van der Waals surface area contributed by atoms with Gasteiger partial charge in [0.25, 0.3) is 0 Å². The molecule has 0 aliphatic rings. The summed E-state index contributed by atoms with van der Waals surface area (Å²) in [5.41, 5.74) is 0. The van der Waals surface area contributed by atoms with Gasteiger partial charge in [0.15, 0.2) is 0 Å². The molecule has 0 rings (SSSR count). The molecular formula is C3HF5O2. The van der Waals surface area contributed by atoms with Crippen LogP contribution in [-0.4, -0.2) is 23.2 Å². The predicted octanol–water partition coefficient (Wildman–Crippen LogP) is 1.27. The second-order valence-electron chi connectivity index (χ2n) is 1.38. The molecule has 1 N–H and O–H groups in total. The topological polar surface area (TPSA) is 37.3 Å². The first-order chi connectivity index (χ1) is 4.19. The van der Waals surface area contributed by atoms with Crippen molar-refractivity contribution in [2.45, 2.75) is 12.1 Å². The number of carboxylic acid groups (broad SMARTS) is 1. The van der Waals surface area contributed by atoms with Crippen molar-refractivity contribution in [3.63, 3.8) is 0 Å². The Morgan fingerprint density at radius 3 is 1.40 bits per heavy atom. The maximum Gasteiger partial charge on any atom is 0.465 e. The number of aliphatic carboxylic acids is 1. The van der Waals surface area contributed by atoms with Gasteiger partial charge >= 0.3 is 18.1 Å². The minimum Gasteiger partial charge on any atom is -0.477 e. The fourth-order valence-corrected chi connectivity index (χ4v) is 0.121. The number of carbonyl (C=O) groups is 1. The third-order valence-electron chi connectivity index (χ3n) is 0.625. The van der Waals surface area contributed by atoms with E-state index in [4.69, 9.17) is 5.11 Å². The van der Waals surface area contributed by atoms with Gasteiger partial charge in [-0.05, 0) is 0 Å². The minimum atomic E-state index is -6.02. The largest absolute Gasteiger partial charge is 0.477 e. The second kappa shape index (κ2) is 2.06. The molecule has 0 aliphatic heterocycles. The Morgan fingerprint density at radius 1 is 1.10 bits per heavy atom. The van der Waals surface area contributed by atoms with Crippen molar-refractivity contribution in [2.75, 3.05) is 0 Å². The van der Waals surface area contributed by atoms with Gasteiger partial charge in [0.2, 0.25) is 0 Å². The Kier molecular flexibility index (Phi) is 1.88. The van der Waals surface area contributed by atoms with Gasteiger partial charge in [-0.1, -0.05) is 0 Å². The quantitative estimate of drug-likeness (QED) is 0.471. The Balaban J connectivity index is 4.57. The third kappa shape index (κ3) is 1.34. The highest BCUT2D eigenvalue weighted by Crippen LogP contribution is 2.35. The van der Waals surface area contributed by atoms with Crippen LogP contribution in [0.2, 0.25) is 0 Å². The molecule has 0 aromatic heterocycles. The van der Waals surface area contributed by atoms with Crippen molar-refractivity contribution in [1.29, 1.82) is 0 Å². The lowest BCUT2D eigenvalue weighted by atomic mass is 11.3. The molecule has 0 saturated carbocycles. The zero-order chi connectivity index (χ0) is 8.58. The smallest absolute Gasteiger partial charge is 0.465 e. The van der Waals surface area contributed by atoms with Crippen molar-refractivity contribution in [2.24, 2.45) is 0 Å². The molecule has 0 aromatic carbocycles. The monoisotopic (exact) mass is 167 g/mol. The van der Waals surface area contributed by atoms with E-state index >= 15 is 0 Å². The lowest BCUT2D eigenvalue weighted by Gasteiger charge is -2.13. The van der Waals surface area contributed by atoms with E-state index in [1.807, 2.05) is 0 Å².